The predicted molar refractivity (Wildman–Crippen MR) is 84.5 cm³/mol. The van der Waals surface area contributed by atoms with Gasteiger partial charge in [0.05, 0.1) is 0 Å². The Hall–Kier alpha value is -0.920. The molecule has 0 bridgehead atoms. The van der Waals surface area contributed by atoms with Crippen LogP contribution in [0.3, 0.4) is 0 Å². The number of hydrogen-bond donors (Lipinski definition) is 1. The fourth-order valence-corrected chi connectivity index (χ4v) is 5.37. The summed E-state index contributed by atoms with van der Waals surface area (Å²) >= 11 is 0.964. The van der Waals surface area contributed by atoms with Gasteiger partial charge in [-0.3, -0.25) is 0 Å². The van der Waals surface area contributed by atoms with Crippen molar-refractivity contribution in [2.24, 2.45) is 5.92 Å². The molecule has 0 aliphatic carbocycles. The molecule has 7 heteroatoms. The highest BCUT2D eigenvalue weighted by molar-refractivity contribution is 7.89. The number of rotatable bonds is 8. The molecule has 120 valence electrons. The van der Waals surface area contributed by atoms with E-state index in [9.17, 15) is 18.3 Å². The summed E-state index contributed by atoms with van der Waals surface area (Å²) in [6.07, 6.45) is 1.80. The summed E-state index contributed by atoms with van der Waals surface area (Å²) in [6, 6.07) is 0. The molecule has 0 radical (unpaired) electrons. The van der Waals surface area contributed by atoms with Crippen LogP contribution in [0.4, 0.5) is 0 Å². The third-order valence-corrected chi connectivity index (χ3v) is 7.02. The number of carboxylic acids is 1. The van der Waals surface area contributed by atoms with Crippen LogP contribution in [0, 0.1) is 12.8 Å². The Balaban J connectivity index is 3.25. The number of hydrogen-bond acceptors (Lipinski definition) is 4. The lowest BCUT2D eigenvalue weighted by atomic mass is 10.0. The maximum atomic E-state index is 12.8. The van der Waals surface area contributed by atoms with E-state index < -0.39 is 16.0 Å². The highest BCUT2D eigenvalue weighted by atomic mass is 32.2. The molecule has 1 N–H and O–H groups in total. The Morgan fingerprint density at radius 3 is 2.33 bits per heavy atom. The number of aromatic carboxylic acids is 1. The second kappa shape index (κ2) is 7.38. The molecule has 5 nitrogen and oxygen atoms in total. The van der Waals surface area contributed by atoms with Gasteiger partial charge in [-0.2, -0.15) is 4.31 Å². The first-order chi connectivity index (χ1) is 9.79. The molecule has 0 saturated heterocycles. The van der Waals surface area contributed by atoms with Crippen molar-refractivity contribution >= 4 is 27.3 Å². The van der Waals surface area contributed by atoms with E-state index in [1.54, 1.807) is 19.2 Å². The van der Waals surface area contributed by atoms with Crippen LogP contribution in [0.5, 0.6) is 0 Å². The van der Waals surface area contributed by atoms with Crippen LogP contribution in [-0.2, 0) is 10.0 Å². The van der Waals surface area contributed by atoms with E-state index in [1.807, 2.05) is 13.8 Å². The van der Waals surface area contributed by atoms with E-state index in [-0.39, 0.29) is 15.7 Å². The lowest BCUT2D eigenvalue weighted by molar-refractivity contribution is 0.0698. The van der Waals surface area contributed by atoms with Crippen molar-refractivity contribution in [2.45, 2.75) is 45.4 Å². The summed E-state index contributed by atoms with van der Waals surface area (Å²) in [7, 11) is -3.77. The predicted octanol–water partition coefficient (Wildman–Crippen LogP) is 3.20. The molecule has 0 aliphatic heterocycles. The third kappa shape index (κ3) is 3.84. The zero-order valence-corrected chi connectivity index (χ0v) is 14.6. The molecule has 1 rings (SSSR count). The molecular formula is C14H23NO4S2. The topological polar surface area (TPSA) is 74.7 Å². The molecule has 0 unspecified atom stereocenters. The highest BCUT2D eigenvalue weighted by Crippen LogP contribution is 2.30. The molecule has 0 aliphatic rings. The van der Waals surface area contributed by atoms with Crippen LogP contribution in [0.25, 0.3) is 0 Å². The average Bonchev–Trinajstić information content (AvgIpc) is 2.82. The van der Waals surface area contributed by atoms with Crippen LogP contribution < -0.4 is 0 Å². The lowest BCUT2D eigenvalue weighted by Crippen LogP contribution is -2.35. The van der Waals surface area contributed by atoms with Gasteiger partial charge in [-0.25, -0.2) is 13.2 Å². The molecule has 0 aromatic carbocycles. The van der Waals surface area contributed by atoms with E-state index in [0.29, 0.717) is 18.7 Å². The van der Waals surface area contributed by atoms with Crippen LogP contribution >= 0.6 is 11.3 Å². The van der Waals surface area contributed by atoms with Crippen molar-refractivity contribution in [3.05, 3.63) is 15.8 Å². The number of aryl methyl sites for hydroxylation is 1. The Labute approximate surface area is 130 Å². The van der Waals surface area contributed by atoms with Gasteiger partial charge in [-0.05, 0) is 23.8 Å². The SMILES string of the molecule is CCC(CC)CN(CC)S(=O)(=O)c1c(C)csc1C(=O)O. The van der Waals surface area contributed by atoms with Crippen molar-refractivity contribution in [3.63, 3.8) is 0 Å². The molecule has 1 aromatic rings. The molecule has 0 spiro atoms. The molecule has 0 fully saturated rings. The van der Waals surface area contributed by atoms with Crippen LogP contribution in [0.15, 0.2) is 10.3 Å². The minimum atomic E-state index is -3.77. The summed E-state index contributed by atoms with van der Waals surface area (Å²) in [4.78, 5) is 11.1. The van der Waals surface area contributed by atoms with Gasteiger partial charge in [0.1, 0.15) is 9.77 Å². The third-order valence-electron chi connectivity index (χ3n) is 3.68. The molecule has 21 heavy (non-hydrogen) atoms. The van der Waals surface area contributed by atoms with Gasteiger partial charge in [-0.15, -0.1) is 11.3 Å². The van der Waals surface area contributed by atoms with E-state index >= 15 is 0 Å². The minimum Gasteiger partial charge on any atom is -0.477 e. The van der Waals surface area contributed by atoms with Crippen LogP contribution in [0.1, 0.15) is 48.8 Å². The monoisotopic (exact) mass is 333 g/mol. The quantitative estimate of drug-likeness (QED) is 0.793. The summed E-state index contributed by atoms with van der Waals surface area (Å²) in [5.41, 5.74) is 0.500. The van der Waals surface area contributed by atoms with Gasteiger partial charge in [0.15, 0.2) is 0 Å². The van der Waals surface area contributed by atoms with Crippen molar-refractivity contribution in [1.29, 1.82) is 0 Å². The first-order valence-corrected chi connectivity index (χ1v) is 9.42. The number of nitrogens with zero attached hydrogens (tertiary/aromatic N) is 1. The summed E-state index contributed by atoms with van der Waals surface area (Å²) in [5.74, 6) is -0.905. The Kier molecular flexibility index (Phi) is 6.37. The average molecular weight is 333 g/mol. The Bertz CT molecular complexity index is 588. The van der Waals surface area contributed by atoms with Gasteiger partial charge < -0.3 is 5.11 Å². The van der Waals surface area contributed by atoms with Crippen molar-refractivity contribution < 1.29 is 18.3 Å². The lowest BCUT2D eigenvalue weighted by Gasteiger charge is -2.25. The summed E-state index contributed by atoms with van der Waals surface area (Å²) in [5, 5.41) is 10.8. The maximum absolute atomic E-state index is 12.8. The van der Waals surface area contributed by atoms with Gasteiger partial charge in [-0.1, -0.05) is 33.6 Å². The van der Waals surface area contributed by atoms with Gasteiger partial charge in [0, 0.05) is 13.1 Å². The maximum Gasteiger partial charge on any atom is 0.347 e. The summed E-state index contributed by atoms with van der Waals surface area (Å²) in [6.45, 7) is 8.26. The minimum absolute atomic E-state index is 0.0483. The van der Waals surface area contributed by atoms with Crippen molar-refractivity contribution in [3.8, 4) is 0 Å². The van der Waals surface area contributed by atoms with Crippen LogP contribution in [0.2, 0.25) is 0 Å². The second-order valence-electron chi connectivity index (χ2n) is 5.02. The molecule has 1 heterocycles. The molecule has 1 aromatic heterocycles. The molecule has 0 saturated carbocycles. The van der Waals surface area contributed by atoms with E-state index in [0.717, 1.165) is 24.2 Å². The zero-order chi connectivity index (χ0) is 16.2. The van der Waals surface area contributed by atoms with Crippen molar-refractivity contribution in [2.75, 3.05) is 13.1 Å². The first kappa shape index (κ1) is 18.1. The summed E-state index contributed by atoms with van der Waals surface area (Å²) < 4.78 is 27.0. The van der Waals surface area contributed by atoms with Gasteiger partial charge >= 0.3 is 5.97 Å². The number of carbonyl (C=O) groups is 1. The first-order valence-electron chi connectivity index (χ1n) is 7.10. The van der Waals surface area contributed by atoms with Gasteiger partial charge in [0.2, 0.25) is 10.0 Å². The van der Waals surface area contributed by atoms with E-state index in [4.69, 9.17) is 0 Å². The molecule has 0 amide bonds. The van der Waals surface area contributed by atoms with E-state index in [2.05, 4.69) is 0 Å². The zero-order valence-electron chi connectivity index (χ0n) is 12.9. The highest BCUT2D eigenvalue weighted by Gasteiger charge is 2.32. The number of thiophene rings is 1. The molecular weight excluding hydrogens is 310 g/mol. The fourth-order valence-electron chi connectivity index (χ4n) is 2.26. The van der Waals surface area contributed by atoms with Crippen molar-refractivity contribution in [1.82, 2.24) is 4.31 Å². The Morgan fingerprint density at radius 1 is 1.33 bits per heavy atom. The molecule has 0 atom stereocenters. The van der Waals surface area contributed by atoms with E-state index in [1.165, 1.54) is 4.31 Å². The second-order valence-corrected chi connectivity index (χ2v) is 7.77. The number of sulfonamides is 1. The fraction of sp³-hybridized carbons (Fsp3) is 0.643. The Morgan fingerprint density at radius 2 is 1.90 bits per heavy atom. The van der Waals surface area contributed by atoms with Crippen LogP contribution in [-0.4, -0.2) is 36.9 Å². The standard InChI is InChI=1S/C14H23NO4S2/c1-5-11(6-2)8-15(7-3)21(18,19)13-10(4)9-20-12(13)14(16)17/h9,11H,5-8H2,1-4H3,(H,16,17). The largest absolute Gasteiger partial charge is 0.477 e. The normalized spacial score (nSPS) is 12.3. The smallest absolute Gasteiger partial charge is 0.347 e. The van der Waals surface area contributed by atoms with Gasteiger partial charge in [0.25, 0.3) is 0 Å². The number of carboxylic acid groups (broad SMARTS) is 1.